The molecule has 0 saturated carbocycles. The standard InChI is InChI=1S/C19H27N3O3/c1-14-7-3-4-9-16(14)25-12-6-11-22-10-5-8-15(13-22)19(2)17(23)20-18(24)21-19/h3-4,7,9,15H,5-6,8,10-13H2,1-2H3,(H2,20,21,23,24)/t15-,19+/m0/s1. The summed E-state index contributed by atoms with van der Waals surface area (Å²) in [5, 5.41) is 5.18. The van der Waals surface area contributed by atoms with E-state index in [1.165, 1.54) is 0 Å². The lowest BCUT2D eigenvalue weighted by Crippen LogP contribution is -2.55. The van der Waals surface area contributed by atoms with Crippen molar-refractivity contribution < 1.29 is 14.3 Å². The molecule has 2 heterocycles. The third kappa shape index (κ3) is 3.95. The first-order valence-corrected chi connectivity index (χ1v) is 9.03. The Balaban J connectivity index is 1.47. The Labute approximate surface area is 148 Å². The topological polar surface area (TPSA) is 70.7 Å². The molecule has 1 aromatic rings. The fourth-order valence-electron chi connectivity index (χ4n) is 3.76. The number of nitrogens with zero attached hydrogens (tertiary/aromatic N) is 1. The second-order valence-corrected chi connectivity index (χ2v) is 7.22. The number of likely N-dealkylation sites (tertiary alicyclic amines) is 1. The highest BCUT2D eigenvalue weighted by Crippen LogP contribution is 2.29. The van der Waals surface area contributed by atoms with Gasteiger partial charge in [-0.2, -0.15) is 0 Å². The number of para-hydroxylation sites is 1. The predicted octanol–water partition coefficient (Wildman–Crippen LogP) is 2.07. The lowest BCUT2D eigenvalue weighted by atomic mass is 9.80. The highest BCUT2D eigenvalue weighted by Gasteiger charge is 2.48. The lowest BCUT2D eigenvalue weighted by molar-refractivity contribution is -0.126. The molecule has 0 bridgehead atoms. The molecule has 2 aliphatic rings. The van der Waals surface area contributed by atoms with Crippen LogP contribution in [0.5, 0.6) is 5.75 Å². The van der Waals surface area contributed by atoms with Gasteiger partial charge >= 0.3 is 6.03 Å². The van der Waals surface area contributed by atoms with Crippen LogP contribution < -0.4 is 15.4 Å². The highest BCUT2D eigenvalue weighted by atomic mass is 16.5. The van der Waals surface area contributed by atoms with Gasteiger partial charge in [-0.3, -0.25) is 10.1 Å². The third-order valence-electron chi connectivity index (χ3n) is 5.36. The van der Waals surface area contributed by atoms with E-state index >= 15 is 0 Å². The predicted molar refractivity (Wildman–Crippen MR) is 95.5 cm³/mol. The molecule has 1 aromatic carbocycles. The van der Waals surface area contributed by atoms with Crippen LogP contribution in [0.15, 0.2) is 24.3 Å². The fourth-order valence-corrected chi connectivity index (χ4v) is 3.76. The van der Waals surface area contributed by atoms with Crippen LogP contribution in [0.1, 0.15) is 31.7 Å². The fraction of sp³-hybridized carbons (Fsp3) is 0.579. The molecule has 2 saturated heterocycles. The molecule has 2 aliphatic heterocycles. The summed E-state index contributed by atoms with van der Waals surface area (Å²) in [5.41, 5.74) is 0.365. The number of aryl methyl sites for hydroxylation is 1. The van der Waals surface area contributed by atoms with Gasteiger partial charge in [-0.1, -0.05) is 18.2 Å². The summed E-state index contributed by atoms with van der Waals surface area (Å²) in [6.07, 6.45) is 2.94. The van der Waals surface area contributed by atoms with Crippen LogP contribution in [0.3, 0.4) is 0 Å². The van der Waals surface area contributed by atoms with Crippen molar-refractivity contribution in [2.24, 2.45) is 5.92 Å². The Bertz CT molecular complexity index is 649. The number of imide groups is 1. The Morgan fingerprint density at radius 2 is 2.12 bits per heavy atom. The Morgan fingerprint density at radius 3 is 2.84 bits per heavy atom. The average Bonchev–Trinajstić information content (AvgIpc) is 2.87. The first-order chi connectivity index (χ1) is 12.0. The molecule has 2 fully saturated rings. The zero-order chi connectivity index (χ0) is 17.9. The number of carbonyl (C=O) groups is 2. The summed E-state index contributed by atoms with van der Waals surface area (Å²) in [6.45, 7) is 7.37. The number of carbonyl (C=O) groups excluding carboxylic acids is 2. The van der Waals surface area contributed by atoms with Gasteiger partial charge in [0.25, 0.3) is 5.91 Å². The maximum Gasteiger partial charge on any atom is 0.322 e. The van der Waals surface area contributed by atoms with Crippen molar-refractivity contribution in [3.05, 3.63) is 29.8 Å². The van der Waals surface area contributed by atoms with Crippen LogP contribution in [-0.4, -0.2) is 48.6 Å². The van der Waals surface area contributed by atoms with E-state index in [1.807, 2.05) is 38.1 Å². The monoisotopic (exact) mass is 345 g/mol. The van der Waals surface area contributed by atoms with E-state index in [4.69, 9.17) is 4.74 Å². The van der Waals surface area contributed by atoms with Gasteiger partial charge in [-0.05, 0) is 51.3 Å². The minimum Gasteiger partial charge on any atom is -0.493 e. The number of rotatable bonds is 6. The summed E-state index contributed by atoms with van der Waals surface area (Å²) in [4.78, 5) is 26.0. The van der Waals surface area contributed by atoms with Crippen molar-refractivity contribution >= 4 is 11.9 Å². The molecule has 0 unspecified atom stereocenters. The molecule has 0 aromatic heterocycles. The van der Waals surface area contributed by atoms with Gasteiger partial charge in [-0.25, -0.2) is 4.79 Å². The number of ether oxygens (including phenoxy) is 1. The second-order valence-electron chi connectivity index (χ2n) is 7.22. The van der Waals surface area contributed by atoms with Gasteiger partial charge in [0.05, 0.1) is 6.61 Å². The number of amides is 3. The van der Waals surface area contributed by atoms with E-state index in [-0.39, 0.29) is 17.9 Å². The maximum atomic E-state index is 12.1. The van der Waals surface area contributed by atoms with Gasteiger partial charge in [0.2, 0.25) is 0 Å². The van der Waals surface area contributed by atoms with E-state index in [0.29, 0.717) is 6.61 Å². The molecule has 0 radical (unpaired) electrons. The minimum atomic E-state index is -0.784. The van der Waals surface area contributed by atoms with Crippen molar-refractivity contribution in [1.82, 2.24) is 15.5 Å². The van der Waals surface area contributed by atoms with Crippen molar-refractivity contribution in [2.45, 2.75) is 38.6 Å². The van der Waals surface area contributed by atoms with Gasteiger partial charge < -0.3 is 15.0 Å². The summed E-state index contributed by atoms with van der Waals surface area (Å²) < 4.78 is 5.86. The normalized spacial score (nSPS) is 27.0. The quantitative estimate of drug-likeness (QED) is 0.612. The first kappa shape index (κ1) is 17.7. The van der Waals surface area contributed by atoms with Crippen LogP contribution in [0, 0.1) is 12.8 Å². The van der Waals surface area contributed by atoms with Gasteiger partial charge in [0.15, 0.2) is 0 Å². The highest BCUT2D eigenvalue weighted by molar-refractivity contribution is 6.06. The van der Waals surface area contributed by atoms with Gasteiger partial charge in [0.1, 0.15) is 11.3 Å². The van der Waals surface area contributed by atoms with Crippen LogP contribution in [0.25, 0.3) is 0 Å². The molecule has 3 amide bonds. The van der Waals surface area contributed by atoms with Crippen LogP contribution in [0.4, 0.5) is 4.79 Å². The van der Waals surface area contributed by atoms with Crippen LogP contribution in [-0.2, 0) is 4.79 Å². The molecule has 3 rings (SSSR count). The molecule has 2 atom stereocenters. The summed E-state index contributed by atoms with van der Waals surface area (Å²) in [5.74, 6) is 0.883. The Hall–Kier alpha value is -2.08. The van der Waals surface area contributed by atoms with Crippen molar-refractivity contribution in [3.8, 4) is 5.75 Å². The van der Waals surface area contributed by atoms with Crippen molar-refractivity contribution in [2.75, 3.05) is 26.2 Å². The molecular weight excluding hydrogens is 318 g/mol. The number of urea groups is 1. The summed E-state index contributed by atoms with van der Waals surface area (Å²) >= 11 is 0. The number of nitrogens with one attached hydrogen (secondary N) is 2. The van der Waals surface area contributed by atoms with Gasteiger partial charge in [0, 0.05) is 19.0 Å². The van der Waals surface area contributed by atoms with Crippen LogP contribution in [0.2, 0.25) is 0 Å². The number of hydrogen-bond donors (Lipinski definition) is 2. The number of hydrogen-bond acceptors (Lipinski definition) is 4. The molecule has 0 spiro atoms. The molecule has 2 N–H and O–H groups in total. The average molecular weight is 345 g/mol. The molecule has 25 heavy (non-hydrogen) atoms. The molecular formula is C19H27N3O3. The largest absolute Gasteiger partial charge is 0.493 e. The van der Waals surface area contributed by atoms with Crippen LogP contribution >= 0.6 is 0 Å². The Morgan fingerprint density at radius 1 is 1.32 bits per heavy atom. The lowest BCUT2D eigenvalue weighted by Gasteiger charge is -2.39. The minimum absolute atomic E-state index is 0.144. The summed E-state index contributed by atoms with van der Waals surface area (Å²) in [6, 6.07) is 7.66. The van der Waals surface area contributed by atoms with Crippen molar-refractivity contribution in [1.29, 1.82) is 0 Å². The SMILES string of the molecule is Cc1ccccc1OCCCN1CCC[C@H]([C@@]2(C)NC(=O)NC2=O)C1. The van der Waals surface area contributed by atoms with E-state index in [9.17, 15) is 9.59 Å². The maximum absolute atomic E-state index is 12.1. The zero-order valence-electron chi connectivity index (χ0n) is 15.0. The molecule has 6 heteroatoms. The zero-order valence-corrected chi connectivity index (χ0v) is 15.0. The van der Waals surface area contributed by atoms with E-state index in [2.05, 4.69) is 15.5 Å². The molecule has 6 nitrogen and oxygen atoms in total. The summed E-state index contributed by atoms with van der Waals surface area (Å²) in [7, 11) is 0. The van der Waals surface area contributed by atoms with E-state index in [0.717, 1.165) is 50.2 Å². The number of piperidine rings is 1. The van der Waals surface area contributed by atoms with E-state index in [1.54, 1.807) is 0 Å². The van der Waals surface area contributed by atoms with Crippen molar-refractivity contribution in [3.63, 3.8) is 0 Å². The second kappa shape index (κ2) is 7.44. The third-order valence-corrected chi connectivity index (χ3v) is 5.36. The Kier molecular flexibility index (Phi) is 5.27. The first-order valence-electron chi connectivity index (χ1n) is 9.03. The molecule has 0 aliphatic carbocycles. The van der Waals surface area contributed by atoms with Gasteiger partial charge in [-0.15, -0.1) is 0 Å². The number of benzene rings is 1. The van der Waals surface area contributed by atoms with E-state index < -0.39 is 5.54 Å². The smallest absolute Gasteiger partial charge is 0.322 e. The molecule has 136 valence electrons.